The van der Waals surface area contributed by atoms with Gasteiger partial charge in [0, 0.05) is 4.47 Å². The Morgan fingerprint density at radius 1 is 1.08 bits per heavy atom. The maximum atomic E-state index is 12.7. The van der Waals surface area contributed by atoms with Crippen LogP contribution in [0.4, 0.5) is 4.39 Å². The Kier molecular flexibility index (Phi) is 6.61. The number of rotatable bonds is 7. The zero-order chi connectivity index (χ0) is 17.5. The molecule has 0 saturated heterocycles. The van der Waals surface area contributed by atoms with Crippen molar-refractivity contribution in [1.29, 1.82) is 0 Å². The molecule has 1 amide bonds. The van der Waals surface area contributed by atoms with E-state index < -0.39 is 0 Å². The molecule has 0 atom stereocenters. The fraction of sp³-hybridized carbons (Fsp3) is 0.278. The Bertz CT molecular complexity index is 681. The Hall–Kier alpha value is -2.08. The lowest BCUT2D eigenvalue weighted by atomic mass is 10.1. The number of ether oxygens (including phenoxy) is 2. The lowest BCUT2D eigenvalue weighted by Gasteiger charge is -2.11. The lowest BCUT2D eigenvalue weighted by Crippen LogP contribution is -2.32. The number of carbonyl (C=O) groups excluding carboxylic acids is 1. The predicted molar refractivity (Wildman–Crippen MR) is 94.0 cm³/mol. The molecule has 2 aromatic carbocycles. The van der Waals surface area contributed by atoms with Crippen LogP contribution in [-0.2, 0) is 4.79 Å². The molecule has 4 nitrogen and oxygen atoms in total. The molecule has 0 bridgehead atoms. The molecule has 0 aliphatic heterocycles. The monoisotopic (exact) mass is 395 g/mol. The summed E-state index contributed by atoms with van der Waals surface area (Å²) in [7, 11) is 0. The van der Waals surface area contributed by atoms with Gasteiger partial charge in [-0.15, -0.1) is 0 Å². The van der Waals surface area contributed by atoms with Gasteiger partial charge in [-0.25, -0.2) is 4.39 Å². The standard InChI is InChI=1S/C18H19BrFNO3/c1-12-9-16(10-13(2)18(12)19)24-11-17(22)21-7-8-23-15-5-3-14(20)4-6-15/h3-6,9-10H,7-8,11H2,1-2H3,(H,21,22). The molecule has 128 valence electrons. The Labute approximate surface area is 149 Å². The van der Waals surface area contributed by atoms with Gasteiger partial charge < -0.3 is 14.8 Å². The molecule has 2 aromatic rings. The van der Waals surface area contributed by atoms with Gasteiger partial charge >= 0.3 is 0 Å². The van der Waals surface area contributed by atoms with E-state index in [1.165, 1.54) is 12.1 Å². The van der Waals surface area contributed by atoms with Gasteiger partial charge in [-0.2, -0.15) is 0 Å². The highest BCUT2D eigenvalue weighted by Crippen LogP contribution is 2.26. The smallest absolute Gasteiger partial charge is 0.258 e. The van der Waals surface area contributed by atoms with Gasteiger partial charge in [0.25, 0.3) is 5.91 Å². The zero-order valence-corrected chi connectivity index (χ0v) is 15.2. The van der Waals surface area contributed by atoms with Crippen molar-refractivity contribution in [1.82, 2.24) is 5.32 Å². The Morgan fingerprint density at radius 2 is 1.71 bits per heavy atom. The van der Waals surface area contributed by atoms with Crippen molar-refractivity contribution in [2.24, 2.45) is 0 Å². The van der Waals surface area contributed by atoms with Crippen molar-refractivity contribution in [2.45, 2.75) is 13.8 Å². The minimum absolute atomic E-state index is 0.0585. The minimum atomic E-state index is -0.314. The van der Waals surface area contributed by atoms with Crippen LogP contribution in [-0.4, -0.2) is 25.7 Å². The molecule has 0 unspecified atom stereocenters. The summed E-state index contributed by atoms with van der Waals surface area (Å²) < 4.78 is 24.7. The van der Waals surface area contributed by atoms with Crippen molar-refractivity contribution >= 4 is 21.8 Å². The van der Waals surface area contributed by atoms with E-state index in [1.54, 1.807) is 12.1 Å². The molecule has 2 rings (SSSR count). The summed E-state index contributed by atoms with van der Waals surface area (Å²) in [6.45, 7) is 4.52. The van der Waals surface area contributed by atoms with Crippen molar-refractivity contribution < 1.29 is 18.7 Å². The first kappa shape index (κ1) is 18.3. The highest BCUT2D eigenvalue weighted by molar-refractivity contribution is 9.10. The van der Waals surface area contributed by atoms with Crippen molar-refractivity contribution in [3.63, 3.8) is 0 Å². The number of halogens is 2. The molecule has 0 spiro atoms. The van der Waals surface area contributed by atoms with Crippen LogP contribution < -0.4 is 14.8 Å². The third-order valence-electron chi connectivity index (χ3n) is 3.29. The second-order valence-electron chi connectivity index (χ2n) is 5.31. The molecule has 0 aromatic heterocycles. The highest BCUT2D eigenvalue weighted by Gasteiger charge is 2.06. The van der Waals surface area contributed by atoms with Gasteiger partial charge in [0.1, 0.15) is 23.9 Å². The van der Waals surface area contributed by atoms with Gasteiger partial charge in [-0.05, 0) is 61.4 Å². The fourth-order valence-corrected chi connectivity index (χ4v) is 2.31. The van der Waals surface area contributed by atoms with Gasteiger partial charge in [0.05, 0.1) is 6.54 Å². The number of amides is 1. The van der Waals surface area contributed by atoms with Gasteiger partial charge in [0.15, 0.2) is 6.61 Å². The van der Waals surface area contributed by atoms with Gasteiger partial charge in [0.2, 0.25) is 0 Å². The zero-order valence-electron chi connectivity index (χ0n) is 13.6. The predicted octanol–water partition coefficient (Wildman–Crippen LogP) is 3.78. The number of aryl methyl sites for hydroxylation is 2. The maximum Gasteiger partial charge on any atom is 0.258 e. The van der Waals surface area contributed by atoms with Crippen LogP contribution in [0.1, 0.15) is 11.1 Å². The van der Waals surface area contributed by atoms with E-state index in [4.69, 9.17) is 9.47 Å². The number of hydrogen-bond donors (Lipinski definition) is 1. The molecule has 0 fully saturated rings. The van der Waals surface area contributed by atoms with Gasteiger partial charge in [-0.1, -0.05) is 15.9 Å². The summed E-state index contributed by atoms with van der Waals surface area (Å²) in [5.74, 6) is 0.677. The summed E-state index contributed by atoms with van der Waals surface area (Å²) in [6, 6.07) is 9.48. The average Bonchev–Trinajstić information content (AvgIpc) is 2.56. The molecular weight excluding hydrogens is 377 g/mol. The second-order valence-corrected chi connectivity index (χ2v) is 6.11. The highest BCUT2D eigenvalue weighted by atomic mass is 79.9. The lowest BCUT2D eigenvalue weighted by molar-refractivity contribution is -0.123. The first-order valence-corrected chi connectivity index (χ1v) is 8.29. The molecule has 0 aliphatic rings. The molecule has 0 saturated carbocycles. The van der Waals surface area contributed by atoms with Crippen LogP contribution >= 0.6 is 15.9 Å². The molecule has 1 N–H and O–H groups in total. The first-order chi connectivity index (χ1) is 11.5. The summed E-state index contributed by atoms with van der Waals surface area (Å²) >= 11 is 3.49. The topological polar surface area (TPSA) is 47.6 Å². The largest absolute Gasteiger partial charge is 0.492 e. The van der Waals surface area contributed by atoms with E-state index in [2.05, 4.69) is 21.2 Å². The first-order valence-electron chi connectivity index (χ1n) is 7.50. The maximum absolute atomic E-state index is 12.7. The molecule has 0 heterocycles. The molecule has 0 radical (unpaired) electrons. The van der Waals surface area contributed by atoms with Crippen LogP contribution in [0.3, 0.4) is 0 Å². The van der Waals surface area contributed by atoms with E-state index in [9.17, 15) is 9.18 Å². The molecule has 24 heavy (non-hydrogen) atoms. The average molecular weight is 396 g/mol. The van der Waals surface area contributed by atoms with E-state index in [1.807, 2.05) is 26.0 Å². The van der Waals surface area contributed by atoms with E-state index in [0.29, 0.717) is 24.7 Å². The third-order valence-corrected chi connectivity index (χ3v) is 4.54. The Morgan fingerprint density at radius 3 is 2.33 bits per heavy atom. The van der Waals surface area contributed by atoms with Gasteiger partial charge in [-0.3, -0.25) is 4.79 Å². The molecule has 0 aliphatic carbocycles. The van der Waals surface area contributed by atoms with Crippen LogP contribution in [0.5, 0.6) is 11.5 Å². The third kappa shape index (κ3) is 5.53. The second kappa shape index (κ2) is 8.68. The quantitative estimate of drug-likeness (QED) is 0.725. The SMILES string of the molecule is Cc1cc(OCC(=O)NCCOc2ccc(F)cc2)cc(C)c1Br. The van der Waals surface area contributed by atoms with Crippen LogP contribution in [0.2, 0.25) is 0 Å². The summed E-state index contributed by atoms with van der Waals surface area (Å²) in [5.41, 5.74) is 2.11. The number of carbonyl (C=O) groups is 1. The summed E-state index contributed by atoms with van der Waals surface area (Å²) in [4.78, 5) is 11.8. The number of nitrogens with one attached hydrogen (secondary N) is 1. The molecule has 6 heteroatoms. The van der Waals surface area contributed by atoms with Crippen molar-refractivity contribution in [2.75, 3.05) is 19.8 Å². The number of hydrogen-bond acceptors (Lipinski definition) is 3. The van der Waals surface area contributed by atoms with E-state index >= 15 is 0 Å². The fourth-order valence-electron chi connectivity index (χ4n) is 2.08. The summed E-state index contributed by atoms with van der Waals surface area (Å²) in [5, 5.41) is 2.70. The normalized spacial score (nSPS) is 10.3. The van der Waals surface area contributed by atoms with Crippen LogP contribution in [0, 0.1) is 19.7 Å². The van der Waals surface area contributed by atoms with Crippen LogP contribution in [0.25, 0.3) is 0 Å². The summed E-state index contributed by atoms with van der Waals surface area (Å²) in [6.07, 6.45) is 0. The Balaban J connectivity index is 1.69. The number of benzene rings is 2. The van der Waals surface area contributed by atoms with Crippen LogP contribution in [0.15, 0.2) is 40.9 Å². The molecular formula is C18H19BrFNO3. The van der Waals surface area contributed by atoms with Crippen molar-refractivity contribution in [3.8, 4) is 11.5 Å². The minimum Gasteiger partial charge on any atom is -0.492 e. The van der Waals surface area contributed by atoms with E-state index in [-0.39, 0.29) is 18.3 Å². The van der Waals surface area contributed by atoms with E-state index in [0.717, 1.165) is 15.6 Å². The van der Waals surface area contributed by atoms with Crippen molar-refractivity contribution in [3.05, 3.63) is 57.8 Å².